The molecule has 0 bridgehead atoms. The van der Waals surface area contributed by atoms with Crippen molar-refractivity contribution in [2.45, 2.75) is 32.4 Å². The first-order valence-corrected chi connectivity index (χ1v) is 10.5. The maximum absolute atomic E-state index is 13.5. The van der Waals surface area contributed by atoms with Crippen LogP contribution in [0.4, 0.5) is 5.69 Å². The van der Waals surface area contributed by atoms with E-state index in [1.165, 1.54) is 4.90 Å². The van der Waals surface area contributed by atoms with Gasteiger partial charge < -0.3 is 19.5 Å². The minimum atomic E-state index is -1.92. The van der Waals surface area contributed by atoms with Crippen LogP contribution in [-0.4, -0.2) is 23.6 Å². The van der Waals surface area contributed by atoms with Gasteiger partial charge in [-0.05, 0) is 43.2 Å². The van der Waals surface area contributed by atoms with Crippen LogP contribution in [0.3, 0.4) is 0 Å². The van der Waals surface area contributed by atoms with Gasteiger partial charge in [-0.1, -0.05) is 48.0 Å². The van der Waals surface area contributed by atoms with E-state index in [4.69, 9.17) is 9.47 Å². The summed E-state index contributed by atoms with van der Waals surface area (Å²) in [4.78, 5) is 28.2. The predicted octanol–water partition coefficient (Wildman–Crippen LogP) is 4.04. The van der Waals surface area contributed by atoms with Gasteiger partial charge in [0, 0.05) is 11.1 Å². The number of ketones is 1. The Bertz CT molecular complexity index is 1250. The van der Waals surface area contributed by atoms with Crippen LogP contribution in [-0.2, 0) is 16.9 Å². The quantitative estimate of drug-likeness (QED) is 0.620. The molecular formula is C26H23NO5. The molecule has 0 saturated carbocycles. The number of carbonyl (C=O) groups excluding carboxylic acids is 2. The summed E-state index contributed by atoms with van der Waals surface area (Å²) in [7, 11) is 0. The summed E-state index contributed by atoms with van der Waals surface area (Å²) in [5.41, 5.74) is 2.37. The number of Topliss-reactive ketones (excluding diaryl/α,β-unsaturated/α-hetero) is 1. The minimum absolute atomic E-state index is 0.171. The maximum atomic E-state index is 13.5. The molecule has 0 saturated heterocycles. The highest BCUT2D eigenvalue weighted by atomic mass is 16.7. The first-order valence-electron chi connectivity index (χ1n) is 10.5. The number of rotatable bonds is 5. The normalized spacial score (nSPS) is 18.7. The Hall–Kier alpha value is -3.64. The number of fused-ring (bicyclic) bond motifs is 2. The summed E-state index contributed by atoms with van der Waals surface area (Å²) >= 11 is 0. The fourth-order valence-electron chi connectivity index (χ4n) is 4.51. The molecule has 32 heavy (non-hydrogen) atoms. The SMILES string of the molecule is Cc1ccc(C(=O)C[C@]2(O)C(=O)N(Cc3ccc4c(c3)OCO4)c3ccccc32)c(C)c1. The van der Waals surface area contributed by atoms with Crippen LogP contribution in [0.2, 0.25) is 0 Å². The smallest absolute Gasteiger partial charge is 0.264 e. The maximum Gasteiger partial charge on any atom is 0.264 e. The number of benzene rings is 3. The number of hydrogen-bond acceptors (Lipinski definition) is 5. The number of ether oxygens (including phenoxy) is 2. The highest BCUT2D eigenvalue weighted by molar-refractivity contribution is 6.11. The average molecular weight is 429 g/mol. The molecule has 1 N–H and O–H groups in total. The number of hydrogen-bond donors (Lipinski definition) is 1. The summed E-state index contributed by atoms with van der Waals surface area (Å²) in [5.74, 6) is 0.521. The van der Waals surface area contributed by atoms with Crippen LogP contribution in [0.5, 0.6) is 11.5 Å². The Morgan fingerprint density at radius 2 is 1.81 bits per heavy atom. The van der Waals surface area contributed by atoms with Crippen molar-refractivity contribution < 1.29 is 24.2 Å². The predicted molar refractivity (Wildman–Crippen MR) is 119 cm³/mol. The van der Waals surface area contributed by atoms with Crippen molar-refractivity contribution in [3.8, 4) is 11.5 Å². The molecule has 6 heteroatoms. The Labute approximate surface area is 186 Å². The summed E-state index contributed by atoms with van der Waals surface area (Å²) < 4.78 is 10.8. The summed E-state index contributed by atoms with van der Waals surface area (Å²) in [6.45, 7) is 4.23. The first kappa shape index (κ1) is 20.3. The van der Waals surface area contributed by atoms with Gasteiger partial charge in [-0.2, -0.15) is 0 Å². The zero-order valence-corrected chi connectivity index (χ0v) is 17.9. The monoisotopic (exact) mass is 429 g/mol. The minimum Gasteiger partial charge on any atom is -0.454 e. The number of para-hydroxylation sites is 1. The summed E-state index contributed by atoms with van der Waals surface area (Å²) in [5, 5.41) is 11.5. The molecule has 1 atom stereocenters. The van der Waals surface area contributed by atoms with Crippen molar-refractivity contribution in [1.29, 1.82) is 0 Å². The van der Waals surface area contributed by atoms with Gasteiger partial charge in [0.05, 0.1) is 18.7 Å². The standard InChI is InChI=1S/C26H23NO5/c1-16-7-9-19(17(2)11-16)22(28)13-26(30)20-5-3-4-6-21(20)27(25(26)29)14-18-8-10-23-24(12-18)32-15-31-23/h3-12,30H,13-15H2,1-2H3/t26-/m1/s1. The van der Waals surface area contributed by atoms with Gasteiger partial charge in [0.2, 0.25) is 6.79 Å². The van der Waals surface area contributed by atoms with Gasteiger partial charge in [0.15, 0.2) is 22.9 Å². The molecule has 0 aromatic heterocycles. The van der Waals surface area contributed by atoms with E-state index in [-0.39, 0.29) is 25.5 Å². The molecule has 6 nitrogen and oxygen atoms in total. The van der Waals surface area contributed by atoms with Crippen LogP contribution in [0.25, 0.3) is 0 Å². The topological polar surface area (TPSA) is 76.1 Å². The summed E-state index contributed by atoms with van der Waals surface area (Å²) in [6.07, 6.45) is -0.315. The number of anilines is 1. The van der Waals surface area contributed by atoms with E-state index in [0.29, 0.717) is 28.3 Å². The lowest BCUT2D eigenvalue weighted by atomic mass is 9.87. The Morgan fingerprint density at radius 1 is 1.03 bits per heavy atom. The third-order valence-electron chi connectivity index (χ3n) is 6.12. The van der Waals surface area contributed by atoms with Crippen LogP contribution >= 0.6 is 0 Å². The van der Waals surface area contributed by atoms with Crippen molar-refractivity contribution in [2.24, 2.45) is 0 Å². The number of aliphatic hydroxyl groups is 1. The van der Waals surface area contributed by atoms with Crippen molar-refractivity contribution in [2.75, 3.05) is 11.7 Å². The van der Waals surface area contributed by atoms with Gasteiger partial charge in [-0.15, -0.1) is 0 Å². The van der Waals surface area contributed by atoms with Crippen molar-refractivity contribution in [1.82, 2.24) is 0 Å². The third kappa shape index (κ3) is 3.24. The lowest BCUT2D eigenvalue weighted by molar-refractivity contribution is -0.136. The van der Waals surface area contributed by atoms with Gasteiger partial charge in [0.25, 0.3) is 5.91 Å². The molecular weight excluding hydrogens is 406 g/mol. The molecule has 0 spiro atoms. The molecule has 1 amide bonds. The van der Waals surface area contributed by atoms with Crippen LogP contribution in [0.1, 0.15) is 39.0 Å². The van der Waals surface area contributed by atoms with Crippen molar-refractivity contribution in [3.63, 3.8) is 0 Å². The van der Waals surface area contributed by atoms with Crippen molar-refractivity contribution >= 4 is 17.4 Å². The van der Waals surface area contributed by atoms with Crippen LogP contribution < -0.4 is 14.4 Å². The molecule has 0 aliphatic carbocycles. The Balaban J connectivity index is 1.47. The number of nitrogens with zero attached hydrogens (tertiary/aromatic N) is 1. The molecule has 0 radical (unpaired) electrons. The van der Waals surface area contributed by atoms with Gasteiger partial charge in [0.1, 0.15) is 0 Å². The lowest BCUT2D eigenvalue weighted by Crippen LogP contribution is -2.41. The molecule has 3 aromatic carbocycles. The lowest BCUT2D eigenvalue weighted by Gasteiger charge is -2.23. The highest BCUT2D eigenvalue weighted by Gasteiger charge is 2.50. The van der Waals surface area contributed by atoms with E-state index < -0.39 is 11.5 Å². The zero-order valence-electron chi connectivity index (χ0n) is 17.9. The fourth-order valence-corrected chi connectivity index (χ4v) is 4.51. The van der Waals surface area contributed by atoms with Gasteiger partial charge in [-0.3, -0.25) is 9.59 Å². The van der Waals surface area contributed by atoms with E-state index in [1.54, 1.807) is 30.3 Å². The molecule has 3 aromatic rings. The van der Waals surface area contributed by atoms with E-state index in [1.807, 2.05) is 44.2 Å². The molecule has 162 valence electrons. The van der Waals surface area contributed by atoms with Crippen LogP contribution in [0, 0.1) is 13.8 Å². The van der Waals surface area contributed by atoms with E-state index >= 15 is 0 Å². The third-order valence-corrected chi connectivity index (χ3v) is 6.12. The second-order valence-corrected chi connectivity index (χ2v) is 8.37. The van der Waals surface area contributed by atoms with E-state index in [2.05, 4.69) is 0 Å². The largest absolute Gasteiger partial charge is 0.454 e. The van der Waals surface area contributed by atoms with E-state index in [9.17, 15) is 14.7 Å². The first-order chi connectivity index (χ1) is 15.4. The zero-order chi connectivity index (χ0) is 22.5. The Kier molecular flexibility index (Phi) is 4.75. The number of amides is 1. The molecule has 2 aliphatic rings. The number of aryl methyl sites for hydroxylation is 2. The fraction of sp³-hybridized carbons (Fsp3) is 0.231. The van der Waals surface area contributed by atoms with Crippen molar-refractivity contribution in [3.05, 3.63) is 88.5 Å². The van der Waals surface area contributed by atoms with Crippen LogP contribution in [0.15, 0.2) is 60.7 Å². The van der Waals surface area contributed by atoms with E-state index in [0.717, 1.165) is 16.7 Å². The molecule has 0 fully saturated rings. The summed E-state index contributed by atoms with van der Waals surface area (Å²) in [6, 6.07) is 18.1. The average Bonchev–Trinajstić information content (AvgIpc) is 3.31. The van der Waals surface area contributed by atoms with Gasteiger partial charge in [-0.25, -0.2) is 0 Å². The van der Waals surface area contributed by atoms with Gasteiger partial charge >= 0.3 is 0 Å². The molecule has 0 unspecified atom stereocenters. The second-order valence-electron chi connectivity index (χ2n) is 8.37. The molecule has 5 rings (SSSR count). The molecule has 2 aliphatic heterocycles. The second kappa shape index (κ2) is 7.50. The molecule has 2 heterocycles. The number of carbonyl (C=O) groups is 2. The highest BCUT2D eigenvalue weighted by Crippen LogP contribution is 2.44. The Morgan fingerprint density at radius 3 is 2.62 bits per heavy atom.